The van der Waals surface area contributed by atoms with Crippen LogP contribution in [0.4, 0.5) is 0 Å². The maximum absolute atomic E-state index is 12.5. The van der Waals surface area contributed by atoms with Crippen molar-refractivity contribution in [3.05, 3.63) is 72.1 Å². The monoisotopic (exact) mass is 408 g/mol. The first-order chi connectivity index (χ1) is 14.2. The normalized spacial score (nSPS) is 13.6. The number of hydrogen-bond acceptors (Lipinski definition) is 6. The fraction of sp³-hybridized carbons (Fsp3) is 0.190. The molecule has 8 heteroatoms. The van der Waals surface area contributed by atoms with E-state index in [4.69, 9.17) is 9.47 Å². The first-order valence-corrected chi connectivity index (χ1v) is 10.1. The molecule has 3 aromatic rings. The van der Waals surface area contributed by atoms with Gasteiger partial charge in [-0.15, -0.1) is 10.2 Å². The Morgan fingerprint density at radius 3 is 2.76 bits per heavy atom. The highest BCUT2D eigenvalue weighted by Crippen LogP contribution is 2.25. The molecule has 0 N–H and O–H groups in total. The number of thioether (sulfide) groups is 1. The van der Waals surface area contributed by atoms with Gasteiger partial charge in [-0.3, -0.25) is 4.79 Å². The van der Waals surface area contributed by atoms with Crippen molar-refractivity contribution < 1.29 is 14.3 Å². The van der Waals surface area contributed by atoms with Crippen LogP contribution in [0.2, 0.25) is 0 Å². The molecule has 0 aliphatic carbocycles. The lowest BCUT2D eigenvalue weighted by Gasteiger charge is -2.28. The van der Waals surface area contributed by atoms with Crippen LogP contribution in [0.25, 0.3) is 6.08 Å². The molecule has 0 spiro atoms. The second-order valence-electron chi connectivity index (χ2n) is 6.26. The van der Waals surface area contributed by atoms with E-state index in [9.17, 15) is 4.79 Å². The van der Waals surface area contributed by atoms with Crippen LogP contribution in [0.1, 0.15) is 11.4 Å². The van der Waals surface area contributed by atoms with E-state index in [1.807, 2.05) is 60.7 Å². The summed E-state index contributed by atoms with van der Waals surface area (Å²) in [5.41, 5.74) is 1.08. The Morgan fingerprint density at radius 2 is 1.93 bits per heavy atom. The number of carbonyl (C=O) groups excluding carboxylic acids is 1. The highest BCUT2D eigenvalue weighted by atomic mass is 32.2. The maximum Gasteiger partial charge on any atom is 0.252 e. The van der Waals surface area contributed by atoms with Crippen LogP contribution in [0, 0.1) is 0 Å². The number of hydrogen-bond donors (Lipinski definition) is 0. The predicted molar refractivity (Wildman–Crippen MR) is 112 cm³/mol. The third-order valence-electron chi connectivity index (χ3n) is 4.33. The quantitative estimate of drug-likeness (QED) is 0.598. The minimum atomic E-state index is 0.00245. The molecule has 148 valence electrons. The van der Waals surface area contributed by atoms with E-state index in [2.05, 4.69) is 10.2 Å². The lowest BCUT2D eigenvalue weighted by Crippen LogP contribution is -2.45. The van der Waals surface area contributed by atoms with Crippen molar-refractivity contribution >= 4 is 23.7 Å². The third kappa shape index (κ3) is 4.43. The number of carbonyl (C=O) groups is 1. The van der Waals surface area contributed by atoms with Crippen molar-refractivity contribution in [2.75, 3.05) is 24.4 Å². The number of rotatable bonds is 7. The van der Waals surface area contributed by atoms with Crippen molar-refractivity contribution in [3.63, 3.8) is 0 Å². The highest BCUT2D eigenvalue weighted by molar-refractivity contribution is 7.99. The maximum atomic E-state index is 12.5. The Hall–Kier alpha value is -3.26. The number of ether oxygens (including phenoxy) is 2. The largest absolute Gasteiger partial charge is 0.497 e. The number of methoxy groups -OCH3 is 1. The van der Waals surface area contributed by atoms with Crippen LogP contribution in [0.5, 0.6) is 11.5 Å². The number of fused-ring (bicyclic) bond motifs is 1. The molecule has 7 nitrogen and oxygen atoms in total. The first kappa shape index (κ1) is 19.1. The van der Waals surface area contributed by atoms with Crippen LogP contribution >= 0.6 is 11.8 Å². The summed E-state index contributed by atoms with van der Waals surface area (Å²) in [5, 5.41) is 10.8. The number of aromatic nitrogens is 3. The summed E-state index contributed by atoms with van der Waals surface area (Å²) < 4.78 is 12.8. The summed E-state index contributed by atoms with van der Waals surface area (Å²) in [5.74, 6) is 2.28. The van der Waals surface area contributed by atoms with Crippen molar-refractivity contribution in [2.45, 2.75) is 11.8 Å². The number of nitrogens with zero attached hydrogens (tertiary/aromatic N) is 4. The summed E-state index contributed by atoms with van der Waals surface area (Å²) >= 11 is 1.38. The van der Waals surface area contributed by atoms with Gasteiger partial charge in [0, 0.05) is 6.07 Å². The minimum Gasteiger partial charge on any atom is -0.497 e. The summed E-state index contributed by atoms with van der Waals surface area (Å²) in [6.07, 6.45) is 3.95. The van der Waals surface area contributed by atoms with E-state index in [-0.39, 0.29) is 12.5 Å². The molecule has 2 aromatic carbocycles. The van der Waals surface area contributed by atoms with E-state index in [1.165, 1.54) is 11.8 Å². The van der Waals surface area contributed by atoms with Gasteiger partial charge in [0.2, 0.25) is 5.16 Å². The average Bonchev–Trinajstić information content (AvgIpc) is 3.18. The molecule has 0 fully saturated rings. The molecule has 29 heavy (non-hydrogen) atoms. The molecule has 1 aliphatic rings. The van der Waals surface area contributed by atoms with Gasteiger partial charge >= 0.3 is 0 Å². The summed E-state index contributed by atoms with van der Waals surface area (Å²) in [4.78, 5) is 12.5. The molecular formula is C21H20N4O3S. The van der Waals surface area contributed by atoms with Gasteiger partial charge in [-0.1, -0.05) is 60.3 Å². The first-order valence-electron chi connectivity index (χ1n) is 9.11. The molecule has 0 bridgehead atoms. The van der Waals surface area contributed by atoms with Crippen LogP contribution in [-0.2, 0) is 11.4 Å². The molecule has 0 atom stereocenters. The molecule has 0 radical (unpaired) electrons. The second-order valence-corrected chi connectivity index (χ2v) is 7.20. The molecule has 4 rings (SSSR count). The minimum absolute atomic E-state index is 0.00245. The molecule has 0 unspecified atom stereocenters. The van der Waals surface area contributed by atoms with Crippen LogP contribution < -0.4 is 14.5 Å². The van der Waals surface area contributed by atoms with Gasteiger partial charge < -0.3 is 9.47 Å². The molecule has 1 aliphatic heterocycles. The summed E-state index contributed by atoms with van der Waals surface area (Å²) in [7, 11) is 1.61. The summed E-state index contributed by atoms with van der Waals surface area (Å²) in [6, 6.07) is 17.3. The Kier molecular flexibility index (Phi) is 5.81. The smallest absolute Gasteiger partial charge is 0.252 e. The lowest BCUT2D eigenvalue weighted by molar-refractivity contribution is -0.117. The average molecular weight is 408 g/mol. The van der Waals surface area contributed by atoms with Gasteiger partial charge in [0.05, 0.1) is 19.4 Å². The fourth-order valence-electron chi connectivity index (χ4n) is 2.91. The van der Waals surface area contributed by atoms with Crippen molar-refractivity contribution in [1.29, 1.82) is 0 Å². The molecule has 0 saturated carbocycles. The van der Waals surface area contributed by atoms with Gasteiger partial charge in [0.25, 0.3) is 5.91 Å². The molecule has 1 amide bonds. The van der Waals surface area contributed by atoms with E-state index in [0.29, 0.717) is 34.8 Å². The Morgan fingerprint density at radius 1 is 1.10 bits per heavy atom. The zero-order valence-corrected chi connectivity index (χ0v) is 16.7. The third-order valence-corrected chi connectivity index (χ3v) is 5.23. The topological polar surface area (TPSA) is 69.5 Å². The van der Waals surface area contributed by atoms with Gasteiger partial charge in [-0.2, -0.15) is 0 Å². The molecular weight excluding hydrogens is 388 g/mol. The van der Waals surface area contributed by atoms with Gasteiger partial charge in [0.1, 0.15) is 18.1 Å². The molecule has 1 aromatic heterocycles. The SMILES string of the molecule is COc1cccc(OCc2nnc3n2N(C/C=C/c2ccccc2)C(=O)CS3)c1. The Bertz CT molecular complexity index is 1020. The number of amides is 1. The standard InChI is InChI=1S/C21H20N4O3S/c1-27-17-10-5-11-18(13-17)28-14-19-22-23-21-25(19)24(20(26)15-29-21)12-6-9-16-7-3-2-4-8-16/h2-11,13H,12,14-15H2,1H3/b9-6+. The zero-order chi connectivity index (χ0) is 20.1. The van der Waals surface area contributed by atoms with Crippen molar-refractivity contribution in [2.24, 2.45) is 0 Å². The van der Waals surface area contributed by atoms with Crippen molar-refractivity contribution in [1.82, 2.24) is 14.9 Å². The van der Waals surface area contributed by atoms with E-state index >= 15 is 0 Å². The fourth-order valence-corrected chi connectivity index (χ4v) is 3.73. The zero-order valence-electron chi connectivity index (χ0n) is 15.9. The van der Waals surface area contributed by atoms with Crippen LogP contribution in [-0.4, -0.2) is 40.2 Å². The molecule has 0 saturated heterocycles. The second kappa shape index (κ2) is 8.83. The van der Waals surface area contributed by atoms with E-state index < -0.39 is 0 Å². The van der Waals surface area contributed by atoms with Crippen molar-refractivity contribution in [3.8, 4) is 11.5 Å². The Balaban J connectivity index is 1.50. The number of benzene rings is 2. The summed E-state index contributed by atoms with van der Waals surface area (Å²) in [6.45, 7) is 0.610. The van der Waals surface area contributed by atoms with Gasteiger partial charge in [-0.25, -0.2) is 9.69 Å². The lowest BCUT2D eigenvalue weighted by atomic mass is 10.2. The van der Waals surface area contributed by atoms with Crippen LogP contribution in [0.3, 0.4) is 0 Å². The van der Waals surface area contributed by atoms with Gasteiger partial charge in [0.15, 0.2) is 5.82 Å². The van der Waals surface area contributed by atoms with Crippen LogP contribution in [0.15, 0.2) is 65.8 Å². The van der Waals surface area contributed by atoms with E-state index in [0.717, 1.165) is 5.56 Å². The predicted octanol–water partition coefficient (Wildman–Crippen LogP) is 3.15. The van der Waals surface area contributed by atoms with E-state index in [1.54, 1.807) is 22.9 Å². The Labute approximate surface area is 172 Å². The molecule has 2 heterocycles. The highest BCUT2D eigenvalue weighted by Gasteiger charge is 2.28. The van der Waals surface area contributed by atoms with Gasteiger partial charge in [-0.05, 0) is 17.7 Å².